The molecule has 0 aliphatic carbocycles. The molecule has 210 valence electrons. The van der Waals surface area contributed by atoms with Crippen molar-refractivity contribution in [1.82, 2.24) is 15.5 Å². The molecule has 7 heteroatoms. The molecule has 0 bridgehead atoms. The van der Waals surface area contributed by atoms with Gasteiger partial charge >= 0.3 is 6.09 Å². The number of nitrogens with zero attached hydrogens (tertiary/aromatic N) is 1. The van der Waals surface area contributed by atoms with E-state index in [4.69, 9.17) is 4.74 Å². The van der Waals surface area contributed by atoms with E-state index >= 15 is 0 Å². The van der Waals surface area contributed by atoms with Gasteiger partial charge in [0, 0.05) is 12.1 Å². The summed E-state index contributed by atoms with van der Waals surface area (Å²) in [7, 11) is 0. The second kappa shape index (κ2) is 13.8. The van der Waals surface area contributed by atoms with E-state index < -0.39 is 29.3 Å². The molecule has 0 aliphatic rings. The van der Waals surface area contributed by atoms with Crippen LogP contribution in [0, 0.1) is 19.8 Å². The quantitative estimate of drug-likeness (QED) is 0.341. The minimum Gasteiger partial charge on any atom is -0.444 e. The number of amides is 3. The molecule has 2 unspecified atom stereocenters. The first-order chi connectivity index (χ1) is 16.9. The first-order valence-corrected chi connectivity index (χ1v) is 13.6. The van der Waals surface area contributed by atoms with Crippen molar-refractivity contribution in [3.8, 4) is 0 Å². The Bertz CT molecular complexity index is 912. The molecule has 1 aromatic rings. The Morgan fingerprint density at radius 3 is 2.08 bits per heavy atom. The molecular formula is C30H51N3O4. The van der Waals surface area contributed by atoms with Crippen LogP contribution < -0.4 is 10.6 Å². The molecule has 3 amide bonds. The SMILES string of the molecule is CCCCCN(C(=O)C(CC(C)C)NC(=O)OC(C)(C)C)C(C(=O)NC(C)(C)C)c1ccc(C)c(C)c1. The van der Waals surface area contributed by atoms with E-state index in [1.807, 2.05) is 66.7 Å². The molecular weight excluding hydrogens is 466 g/mol. The lowest BCUT2D eigenvalue weighted by molar-refractivity contribution is -0.143. The normalized spacial score (nSPS) is 13.6. The summed E-state index contributed by atoms with van der Waals surface area (Å²) in [5, 5.41) is 5.89. The van der Waals surface area contributed by atoms with Crippen LogP contribution in [0.2, 0.25) is 0 Å². The van der Waals surface area contributed by atoms with Gasteiger partial charge in [0.2, 0.25) is 11.8 Å². The van der Waals surface area contributed by atoms with Crippen molar-refractivity contribution >= 4 is 17.9 Å². The van der Waals surface area contributed by atoms with E-state index in [1.165, 1.54) is 0 Å². The number of hydrogen-bond donors (Lipinski definition) is 2. The Balaban J connectivity index is 3.57. The van der Waals surface area contributed by atoms with Crippen LogP contribution >= 0.6 is 0 Å². The van der Waals surface area contributed by atoms with Crippen molar-refractivity contribution in [1.29, 1.82) is 0 Å². The van der Waals surface area contributed by atoms with E-state index in [2.05, 4.69) is 17.6 Å². The van der Waals surface area contributed by atoms with Crippen molar-refractivity contribution < 1.29 is 19.1 Å². The first kappa shape index (κ1) is 32.5. The molecule has 2 atom stereocenters. The second-order valence-corrected chi connectivity index (χ2v) is 12.6. The van der Waals surface area contributed by atoms with Crippen molar-refractivity contribution in [3.63, 3.8) is 0 Å². The Morgan fingerprint density at radius 2 is 1.59 bits per heavy atom. The Hall–Kier alpha value is -2.57. The van der Waals surface area contributed by atoms with Gasteiger partial charge in [-0.3, -0.25) is 9.59 Å². The predicted octanol–water partition coefficient (Wildman–Crippen LogP) is 6.22. The van der Waals surface area contributed by atoms with Crippen molar-refractivity contribution in [2.45, 2.75) is 125 Å². The molecule has 37 heavy (non-hydrogen) atoms. The number of unbranched alkanes of at least 4 members (excludes halogenated alkanes) is 2. The number of benzene rings is 1. The van der Waals surface area contributed by atoms with Crippen molar-refractivity contribution in [2.75, 3.05) is 6.54 Å². The fourth-order valence-electron chi connectivity index (χ4n) is 4.09. The average Bonchev–Trinajstić information content (AvgIpc) is 2.71. The molecule has 1 aromatic carbocycles. The van der Waals surface area contributed by atoms with Gasteiger partial charge in [-0.25, -0.2) is 4.79 Å². The third-order valence-electron chi connectivity index (χ3n) is 5.89. The molecule has 2 N–H and O–H groups in total. The third-order valence-corrected chi connectivity index (χ3v) is 5.89. The summed E-state index contributed by atoms with van der Waals surface area (Å²) in [6.45, 7) is 21.7. The fourth-order valence-corrected chi connectivity index (χ4v) is 4.09. The summed E-state index contributed by atoms with van der Waals surface area (Å²) in [5.41, 5.74) is 1.77. The number of nitrogens with one attached hydrogen (secondary N) is 2. The minimum atomic E-state index is -0.821. The molecule has 0 aliphatic heterocycles. The molecule has 0 fully saturated rings. The lowest BCUT2D eigenvalue weighted by Crippen LogP contribution is -2.55. The van der Waals surface area contributed by atoms with E-state index in [1.54, 1.807) is 25.7 Å². The lowest BCUT2D eigenvalue weighted by Gasteiger charge is -2.36. The highest BCUT2D eigenvalue weighted by molar-refractivity contribution is 5.92. The standard InChI is InChI=1S/C30H51N3O4/c1-12-13-14-17-33(27(35)24(18-20(2)3)31-28(36)37-30(9,10)11)25(26(34)32-29(6,7)8)23-16-15-21(4)22(5)19-23/h15-16,19-20,24-25H,12-14,17-18H2,1-11H3,(H,31,36)(H,32,34). The molecule has 0 aromatic heterocycles. The summed E-state index contributed by atoms with van der Waals surface area (Å²) < 4.78 is 5.47. The molecule has 0 saturated heterocycles. The molecule has 0 saturated carbocycles. The summed E-state index contributed by atoms with van der Waals surface area (Å²) in [4.78, 5) is 42.3. The van der Waals surface area contributed by atoms with E-state index in [0.717, 1.165) is 36.0 Å². The third kappa shape index (κ3) is 11.6. The lowest BCUT2D eigenvalue weighted by atomic mass is 9.96. The Kier molecular flexibility index (Phi) is 12.1. The van der Waals surface area contributed by atoms with Crippen molar-refractivity contribution in [2.24, 2.45) is 5.92 Å². The largest absolute Gasteiger partial charge is 0.444 e. The van der Waals surface area contributed by atoms with Gasteiger partial charge in [-0.2, -0.15) is 0 Å². The van der Waals surface area contributed by atoms with Crippen LogP contribution in [0.25, 0.3) is 0 Å². The fraction of sp³-hybridized carbons (Fsp3) is 0.700. The number of aryl methyl sites for hydroxylation is 2. The van der Waals surface area contributed by atoms with Crippen LogP contribution in [0.1, 0.15) is 111 Å². The van der Waals surface area contributed by atoms with Crippen LogP contribution in [-0.2, 0) is 14.3 Å². The molecule has 0 heterocycles. The van der Waals surface area contributed by atoms with Gasteiger partial charge in [-0.1, -0.05) is 51.8 Å². The maximum atomic E-state index is 14.2. The van der Waals surface area contributed by atoms with E-state index in [0.29, 0.717) is 13.0 Å². The number of ether oxygens (including phenoxy) is 1. The second-order valence-electron chi connectivity index (χ2n) is 12.6. The maximum absolute atomic E-state index is 14.2. The number of carbonyl (C=O) groups is 3. The molecule has 1 rings (SSSR count). The zero-order valence-corrected chi connectivity index (χ0v) is 25.1. The minimum absolute atomic E-state index is 0.143. The summed E-state index contributed by atoms with van der Waals surface area (Å²) in [5.74, 6) is -0.367. The molecule has 0 radical (unpaired) electrons. The number of rotatable bonds is 11. The van der Waals surface area contributed by atoms with Crippen LogP contribution in [0.3, 0.4) is 0 Å². The van der Waals surface area contributed by atoms with Gasteiger partial charge in [0.25, 0.3) is 0 Å². The predicted molar refractivity (Wildman–Crippen MR) is 150 cm³/mol. The monoisotopic (exact) mass is 517 g/mol. The topological polar surface area (TPSA) is 87.7 Å². The number of alkyl carbamates (subject to hydrolysis) is 1. The highest BCUT2D eigenvalue weighted by atomic mass is 16.6. The molecule has 7 nitrogen and oxygen atoms in total. The van der Waals surface area contributed by atoms with E-state index in [9.17, 15) is 14.4 Å². The number of carbonyl (C=O) groups excluding carboxylic acids is 3. The molecule has 0 spiro atoms. The Labute approximate surface area is 225 Å². The Morgan fingerprint density at radius 1 is 0.973 bits per heavy atom. The van der Waals surface area contributed by atoms with Crippen LogP contribution in [0.4, 0.5) is 4.79 Å². The highest BCUT2D eigenvalue weighted by Crippen LogP contribution is 2.27. The van der Waals surface area contributed by atoms with Gasteiger partial charge in [-0.15, -0.1) is 0 Å². The average molecular weight is 518 g/mol. The first-order valence-electron chi connectivity index (χ1n) is 13.6. The zero-order valence-electron chi connectivity index (χ0n) is 25.1. The van der Waals surface area contributed by atoms with Crippen LogP contribution in [0.5, 0.6) is 0 Å². The van der Waals surface area contributed by atoms with Gasteiger partial charge < -0.3 is 20.3 Å². The van der Waals surface area contributed by atoms with Crippen molar-refractivity contribution in [3.05, 3.63) is 34.9 Å². The van der Waals surface area contributed by atoms with Crippen LogP contribution in [0.15, 0.2) is 18.2 Å². The van der Waals surface area contributed by atoms with Gasteiger partial charge in [0.05, 0.1) is 0 Å². The summed E-state index contributed by atoms with van der Waals surface area (Å²) in [6.07, 6.45) is 2.46. The van der Waals surface area contributed by atoms with Gasteiger partial charge in [0.15, 0.2) is 0 Å². The summed E-state index contributed by atoms with van der Waals surface area (Å²) in [6, 6.07) is 4.27. The van der Waals surface area contributed by atoms with Gasteiger partial charge in [0.1, 0.15) is 17.7 Å². The van der Waals surface area contributed by atoms with Crippen LogP contribution in [-0.4, -0.2) is 46.5 Å². The summed E-state index contributed by atoms with van der Waals surface area (Å²) >= 11 is 0. The zero-order chi connectivity index (χ0) is 28.6. The number of hydrogen-bond acceptors (Lipinski definition) is 4. The van der Waals surface area contributed by atoms with Gasteiger partial charge in [-0.05, 0) is 90.8 Å². The van der Waals surface area contributed by atoms with E-state index in [-0.39, 0.29) is 17.7 Å². The maximum Gasteiger partial charge on any atom is 0.408 e. The smallest absolute Gasteiger partial charge is 0.408 e. The highest BCUT2D eigenvalue weighted by Gasteiger charge is 2.37.